The minimum absolute atomic E-state index is 0.110. The minimum atomic E-state index is -3.53. The fraction of sp³-hybridized carbons (Fsp3) is 0.600. The zero-order valence-corrected chi connectivity index (χ0v) is 13.5. The van der Waals surface area contributed by atoms with E-state index in [0.29, 0.717) is 18.8 Å². The number of rotatable bonds is 6. The second-order valence-electron chi connectivity index (χ2n) is 5.34. The Morgan fingerprint density at radius 2 is 2.00 bits per heavy atom. The van der Waals surface area contributed by atoms with Gasteiger partial charge in [-0.3, -0.25) is 0 Å². The third-order valence-electron chi connectivity index (χ3n) is 4.09. The number of nitrogens with two attached hydrogens (primary N) is 1. The molecule has 1 aliphatic carbocycles. The van der Waals surface area contributed by atoms with Crippen molar-refractivity contribution < 1.29 is 13.2 Å². The third-order valence-corrected chi connectivity index (χ3v) is 6.16. The van der Waals surface area contributed by atoms with E-state index in [-0.39, 0.29) is 10.9 Å². The van der Waals surface area contributed by atoms with Crippen LogP contribution < -0.4 is 10.5 Å². The number of ether oxygens (including phenoxy) is 1. The lowest BCUT2D eigenvalue weighted by atomic mass is 10.2. The molecular formula is C15H24N2O3S. The molecule has 6 heteroatoms. The summed E-state index contributed by atoms with van der Waals surface area (Å²) in [5.41, 5.74) is 6.46. The first kappa shape index (κ1) is 16.3. The summed E-state index contributed by atoms with van der Waals surface area (Å²) in [7, 11) is -2.05. The summed E-state index contributed by atoms with van der Waals surface area (Å²) >= 11 is 0. The molecule has 0 unspecified atom stereocenters. The maximum Gasteiger partial charge on any atom is 0.246 e. The molecule has 0 amide bonds. The Labute approximate surface area is 127 Å². The number of nitrogens with zero attached hydrogens (tertiary/aromatic N) is 1. The van der Waals surface area contributed by atoms with E-state index in [2.05, 4.69) is 0 Å². The maximum atomic E-state index is 12.9. The van der Waals surface area contributed by atoms with Gasteiger partial charge in [-0.1, -0.05) is 25.8 Å². The Balaban J connectivity index is 2.42. The first-order chi connectivity index (χ1) is 10.0. The van der Waals surface area contributed by atoms with Crippen LogP contribution in [0.2, 0.25) is 0 Å². The summed E-state index contributed by atoms with van der Waals surface area (Å²) in [6.07, 6.45) is 4.08. The molecule has 5 nitrogen and oxygen atoms in total. The Morgan fingerprint density at radius 3 is 2.52 bits per heavy atom. The normalized spacial score (nSPS) is 16.6. The molecule has 0 bridgehead atoms. The van der Waals surface area contributed by atoms with E-state index < -0.39 is 10.0 Å². The molecule has 1 aromatic rings. The molecule has 0 atom stereocenters. The lowest BCUT2D eigenvalue weighted by molar-refractivity contribution is 0.332. The van der Waals surface area contributed by atoms with Gasteiger partial charge in [0.1, 0.15) is 10.6 Å². The van der Waals surface area contributed by atoms with Gasteiger partial charge in [0.2, 0.25) is 10.0 Å². The lowest BCUT2D eigenvalue weighted by Gasteiger charge is -2.27. The van der Waals surface area contributed by atoms with Crippen LogP contribution in [0.15, 0.2) is 23.1 Å². The van der Waals surface area contributed by atoms with Crippen LogP contribution in [0.1, 0.15) is 38.2 Å². The zero-order valence-electron chi connectivity index (χ0n) is 12.7. The van der Waals surface area contributed by atoms with Gasteiger partial charge in [0.15, 0.2) is 0 Å². The smallest absolute Gasteiger partial charge is 0.246 e. The molecule has 1 fully saturated rings. The van der Waals surface area contributed by atoms with Crippen LogP contribution in [0, 0.1) is 0 Å². The average molecular weight is 312 g/mol. The number of sulfonamides is 1. The molecule has 0 saturated heterocycles. The summed E-state index contributed by atoms with van der Waals surface area (Å²) in [5.74, 6) is 0.370. The number of hydrogen-bond donors (Lipinski definition) is 1. The third kappa shape index (κ3) is 3.22. The van der Waals surface area contributed by atoms with Crippen LogP contribution in [0.4, 0.5) is 0 Å². The average Bonchev–Trinajstić information content (AvgIpc) is 3.00. The zero-order chi connectivity index (χ0) is 15.5. The van der Waals surface area contributed by atoms with E-state index in [4.69, 9.17) is 10.5 Å². The molecule has 2 N–H and O–H groups in total. The van der Waals surface area contributed by atoms with Gasteiger partial charge in [0, 0.05) is 19.1 Å². The molecule has 0 spiro atoms. The van der Waals surface area contributed by atoms with Gasteiger partial charge >= 0.3 is 0 Å². The topological polar surface area (TPSA) is 72.6 Å². The number of benzene rings is 1. The summed E-state index contributed by atoms with van der Waals surface area (Å²) < 4.78 is 32.8. The summed E-state index contributed by atoms with van der Waals surface area (Å²) in [5, 5.41) is 0. The van der Waals surface area contributed by atoms with E-state index in [1.165, 1.54) is 7.11 Å². The van der Waals surface area contributed by atoms with E-state index in [9.17, 15) is 8.42 Å². The molecule has 1 saturated carbocycles. The first-order valence-electron chi connectivity index (χ1n) is 7.43. The van der Waals surface area contributed by atoms with Gasteiger partial charge in [0.05, 0.1) is 7.11 Å². The fourth-order valence-electron chi connectivity index (χ4n) is 3.00. The monoisotopic (exact) mass is 312 g/mol. The van der Waals surface area contributed by atoms with E-state index >= 15 is 0 Å². The maximum absolute atomic E-state index is 12.9. The molecule has 21 heavy (non-hydrogen) atoms. The largest absolute Gasteiger partial charge is 0.495 e. The second kappa shape index (κ2) is 6.77. The molecule has 1 aliphatic rings. The van der Waals surface area contributed by atoms with Crippen molar-refractivity contribution in [1.82, 2.24) is 4.31 Å². The lowest BCUT2D eigenvalue weighted by Crippen LogP contribution is -2.38. The molecule has 0 heterocycles. The van der Waals surface area contributed by atoms with Crippen molar-refractivity contribution in [1.29, 1.82) is 0 Å². The van der Waals surface area contributed by atoms with Crippen LogP contribution in [0.3, 0.4) is 0 Å². The highest BCUT2D eigenvalue weighted by Crippen LogP contribution is 2.32. The highest BCUT2D eigenvalue weighted by atomic mass is 32.2. The van der Waals surface area contributed by atoms with Crippen LogP contribution in [-0.4, -0.2) is 32.4 Å². The predicted octanol–water partition coefficient (Wildman–Crippen LogP) is 2.11. The van der Waals surface area contributed by atoms with E-state index in [1.807, 2.05) is 6.92 Å². The van der Waals surface area contributed by atoms with E-state index in [0.717, 1.165) is 31.2 Å². The molecule has 0 aliphatic heterocycles. The van der Waals surface area contributed by atoms with Crippen molar-refractivity contribution in [2.24, 2.45) is 5.73 Å². The summed E-state index contributed by atoms with van der Waals surface area (Å²) in [4.78, 5) is 0.232. The fourth-order valence-corrected chi connectivity index (χ4v) is 4.83. The minimum Gasteiger partial charge on any atom is -0.495 e. The highest BCUT2D eigenvalue weighted by molar-refractivity contribution is 7.89. The standard InChI is InChI=1S/C15H24N2O3S/c1-3-17(13-6-4-5-7-13)21(18,19)15-9-8-12(11-16)10-14(15)20-2/h8-10,13H,3-7,11,16H2,1-2H3. The molecule has 1 aromatic carbocycles. The Bertz CT molecular complexity index is 581. The van der Waals surface area contributed by atoms with Gasteiger partial charge in [-0.15, -0.1) is 0 Å². The Hall–Kier alpha value is -1.11. The molecule has 0 radical (unpaired) electrons. The van der Waals surface area contributed by atoms with E-state index in [1.54, 1.807) is 22.5 Å². The van der Waals surface area contributed by atoms with Crippen molar-refractivity contribution in [2.75, 3.05) is 13.7 Å². The quantitative estimate of drug-likeness (QED) is 0.873. The van der Waals surface area contributed by atoms with Gasteiger partial charge in [-0.25, -0.2) is 8.42 Å². The molecule has 0 aromatic heterocycles. The first-order valence-corrected chi connectivity index (χ1v) is 8.87. The predicted molar refractivity (Wildman–Crippen MR) is 82.7 cm³/mol. The summed E-state index contributed by atoms with van der Waals surface area (Å²) in [6.45, 7) is 2.72. The van der Waals surface area contributed by atoms with Crippen molar-refractivity contribution in [3.05, 3.63) is 23.8 Å². The number of methoxy groups -OCH3 is 1. The van der Waals surface area contributed by atoms with Crippen molar-refractivity contribution in [3.63, 3.8) is 0 Å². The van der Waals surface area contributed by atoms with Gasteiger partial charge < -0.3 is 10.5 Å². The SMILES string of the molecule is CCN(C1CCCC1)S(=O)(=O)c1ccc(CN)cc1OC. The van der Waals surface area contributed by atoms with Crippen molar-refractivity contribution in [2.45, 2.75) is 50.1 Å². The summed E-state index contributed by atoms with van der Waals surface area (Å²) in [6, 6.07) is 5.17. The molecular weight excluding hydrogens is 288 g/mol. The molecule has 118 valence electrons. The molecule has 2 rings (SSSR count). The van der Waals surface area contributed by atoms with Gasteiger partial charge in [-0.2, -0.15) is 4.31 Å². The van der Waals surface area contributed by atoms with Crippen molar-refractivity contribution >= 4 is 10.0 Å². The Kier molecular flexibility index (Phi) is 5.24. The van der Waals surface area contributed by atoms with Crippen LogP contribution in [0.5, 0.6) is 5.75 Å². The second-order valence-corrected chi connectivity index (χ2v) is 7.19. The van der Waals surface area contributed by atoms with Crippen LogP contribution in [-0.2, 0) is 16.6 Å². The highest BCUT2D eigenvalue weighted by Gasteiger charge is 2.33. The van der Waals surface area contributed by atoms with Gasteiger partial charge in [0.25, 0.3) is 0 Å². The van der Waals surface area contributed by atoms with Crippen LogP contribution >= 0.6 is 0 Å². The van der Waals surface area contributed by atoms with Crippen LogP contribution in [0.25, 0.3) is 0 Å². The van der Waals surface area contributed by atoms with Gasteiger partial charge in [-0.05, 0) is 30.5 Å². The Morgan fingerprint density at radius 1 is 1.33 bits per heavy atom. The number of hydrogen-bond acceptors (Lipinski definition) is 4. The van der Waals surface area contributed by atoms with Crippen molar-refractivity contribution in [3.8, 4) is 5.75 Å².